The average molecular weight is 492 g/mol. The molecule has 8 nitrogen and oxygen atoms in total. The van der Waals surface area contributed by atoms with Gasteiger partial charge in [-0.05, 0) is 30.3 Å². The first-order valence-corrected chi connectivity index (χ1v) is 12.6. The summed E-state index contributed by atoms with van der Waals surface area (Å²) in [6, 6.07) is 15.8. The number of amides is 1. The summed E-state index contributed by atoms with van der Waals surface area (Å²) in [5, 5.41) is 6.71. The molecule has 0 aliphatic carbocycles. The quantitative estimate of drug-likeness (QED) is 0.369. The highest BCUT2D eigenvalue weighted by Gasteiger charge is 2.19. The third-order valence-corrected chi connectivity index (χ3v) is 6.94. The minimum absolute atomic E-state index is 0.0267. The van der Waals surface area contributed by atoms with Gasteiger partial charge in [0.2, 0.25) is 5.91 Å². The lowest BCUT2D eigenvalue weighted by atomic mass is 10.1. The summed E-state index contributed by atoms with van der Waals surface area (Å²) in [4.78, 5) is 25.1. The molecule has 1 aliphatic rings. The molecule has 1 saturated heterocycles. The molecule has 0 spiro atoms. The number of fused-ring (bicyclic) bond motifs is 1. The summed E-state index contributed by atoms with van der Waals surface area (Å²) in [5.41, 5.74) is 2.99. The minimum Gasteiger partial charge on any atom is -0.497 e. The lowest BCUT2D eigenvalue weighted by molar-refractivity contribution is -0.117. The lowest BCUT2D eigenvalue weighted by Gasteiger charge is -2.34. The Labute approximate surface area is 208 Å². The average Bonchev–Trinajstić information content (AvgIpc) is 3.52. The highest BCUT2D eigenvalue weighted by Crippen LogP contribution is 2.30. The van der Waals surface area contributed by atoms with Crippen LogP contribution in [0.2, 0.25) is 0 Å². The van der Waals surface area contributed by atoms with Gasteiger partial charge in [0.15, 0.2) is 5.13 Å². The number of aromatic amines is 1. The Balaban J connectivity index is 1.04. The zero-order valence-electron chi connectivity index (χ0n) is 19.7. The Bertz CT molecular complexity index is 1260. The number of carbonyl (C=O) groups excluding carboxylic acids is 1. The fourth-order valence-corrected chi connectivity index (χ4v) is 4.96. The lowest BCUT2D eigenvalue weighted by Crippen LogP contribution is -2.49. The van der Waals surface area contributed by atoms with E-state index in [9.17, 15) is 4.79 Å². The molecule has 5 rings (SSSR count). The van der Waals surface area contributed by atoms with Crippen LogP contribution in [0.25, 0.3) is 22.2 Å². The molecule has 4 aromatic rings. The first-order valence-electron chi connectivity index (χ1n) is 11.7. The highest BCUT2D eigenvalue weighted by atomic mass is 32.1. The number of ether oxygens (including phenoxy) is 2. The van der Waals surface area contributed by atoms with E-state index < -0.39 is 0 Å². The molecular formula is C26H29N5O3S. The van der Waals surface area contributed by atoms with Crippen LogP contribution in [0.15, 0.2) is 60.1 Å². The molecule has 0 bridgehead atoms. The monoisotopic (exact) mass is 491 g/mol. The van der Waals surface area contributed by atoms with Crippen LogP contribution >= 0.6 is 11.3 Å². The minimum atomic E-state index is -0.0267. The van der Waals surface area contributed by atoms with Crippen LogP contribution in [0.1, 0.15) is 0 Å². The first kappa shape index (κ1) is 23.3. The van der Waals surface area contributed by atoms with Crippen LogP contribution in [-0.4, -0.2) is 78.7 Å². The van der Waals surface area contributed by atoms with Crippen molar-refractivity contribution in [3.05, 3.63) is 60.1 Å². The molecule has 1 fully saturated rings. The van der Waals surface area contributed by atoms with Crippen LogP contribution < -0.4 is 14.8 Å². The van der Waals surface area contributed by atoms with Gasteiger partial charge in [-0.2, -0.15) is 0 Å². The van der Waals surface area contributed by atoms with Crippen LogP contribution in [0.5, 0.6) is 11.5 Å². The molecule has 9 heteroatoms. The molecule has 0 saturated carbocycles. The first-order chi connectivity index (χ1) is 17.2. The molecule has 35 heavy (non-hydrogen) atoms. The van der Waals surface area contributed by atoms with Crippen molar-refractivity contribution in [3.63, 3.8) is 0 Å². The Morgan fingerprint density at radius 3 is 2.60 bits per heavy atom. The number of nitrogens with one attached hydrogen (secondary N) is 2. The van der Waals surface area contributed by atoms with E-state index in [4.69, 9.17) is 9.47 Å². The standard InChI is InChI=1S/C26H29N5O3S/c1-33-19-6-8-20(9-7-19)34-15-14-30-10-12-31(13-11-30)17-25(32)29-26-28-24(18-35-26)22-16-27-23-5-3-2-4-21(22)23/h2-9,16,18,27H,10-15,17H2,1H3,(H,28,29,32). The van der Waals surface area contributed by atoms with Gasteiger partial charge in [0, 0.05) is 60.8 Å². The van der Waals surface area contributed by atoms with E-state index in [-0.39, 0.29) is 5.91 Å². The summed E-state index contributed by atoms with van der Waals surface area (Å²) in [6.45, 7) is 5.42. The zero-order valence-corrected chi connectivity index (χ0v) is 20.5. The number of hydrogen-bond donors (Lipinski definition) is 2. The maximum absolute atomic E-state index is 12.6. The Morgan fingerprint density at radius 2 is 1.80 bits per heavy atom. The number of benzene rings is 2. The molecule has 3 heterocycles. The number of rotatable bonds is 9. The number of aromatic nitrogens is 2. The summed E-state index contributed by atoms with van der Waals surface area (Å²) < 4.78 is 11.0. The number of piperazine rings is 1. The van der Waals surface area contributed by atoms with Crippen LogP contribution in [0.3, 0.4) is 0 Å². The number of H-pyrrole nitrogens is 1. The summed E-state index contributed by atoms with van der Waals surface area (Å²) in [6.07, 6.45) is 1.97. The SMILES string of the molecule is COc1ccc(OCCN2CCN(CC(=O)Nc3nc(-c4c[nH]c5ccccc45)cs3)CC2)cc1. The largest absolute Gasteiger partial charge is 0.497 e. The van der Waals surface area contributed by atoms with Gasteiger partial charge in [0.05, 0.1) is 19.3 Å². The van der Waals surface area contributed by atoms with Crippen molar-refractivity contribution in [1.29, 1.82) is 0 Å². The van der Waals surface area contributed by atoms with E-state index >= 15 is 0 Å². The number of anilines is 1. The van der Waals surface area contributed by atoms with E-state index in [2.05, 4.69) is 31.2 Å². The van der Waals surface area contributed by atoms with E-state index in [0.717, 1.165) is 66.4 Å². The number of carbonyl (C=O) groups is 1. The number of methoxy groups -OCH3 is 1. The normalized spacial score (nSPS) is 14.8. The Morgan fingerprint density at radius 1 is 1.06 bits per heavy atom. The van der Waals surface area contributed by atoms with Crippen molar-refractivity contribution in [2.24, 2.45) is 0 Å². The van der Waals surface area contributed by atoms with Crippen molar-refractivity contribution in [1.82, 2.24) is 19.8 Å². The molecule has 2 aromatic carbocycles. The number of nitrogens with zero attached hydrogens (tertiary/aromatic N) is 3. The summed E-state index contributed by atoms with van der Waals surface area (Å²) in [5.74, 6) is 1.64. The van der Waals surface area contributed by atoms with Gasteiger partial charge >= 0.3 is 0 Å². The van der Waals surface area contributed by atoms with Crippen molar-refractivity contribution in [3.8, 4) is 22.8 Å². The molecular weight excluding hydrogens is 462 g/mol. The molecule has 2 N–H and O–H groups in total. The molecule has 182 valence electrons. The second kappa shape index (κ2) is 10.9. The second-order valence-corrected chi connectivity index (χ2v) is 9.33. The molecule has 2 aromatic heterocycles. The fourth-order valence-electron chi connectivity index (χ4n) is 4.24. The predicted octanol–water partition coefficient (Wildman–Crippen LogP) is 3.94. The fraction of sp³-hybridized carbons (Fsp3) is 0.308. The van der Waals surface area contributed by atoms with Gasteiger partial charge in [0.1, 0.15) is 18.1 Å². The Kier molecular flexibility index (Phi) is 7.27. The van der Waals surface area contributed by atoms with Gasteiger partial charge in [0.25, 0.3) is 0 Å². The number of hydrogen-bond acceptors (Lipinski definition) is 7. The van der Waals surface area contributed by atoms with Gasteiger partial charge in [-0.15, -0.1) is 11.3 Å². The van der Waals surface area contributed by atoms with Crippen molar-refractivity contribution >= 4 is 33.3 Å². The molecule has 0 radical (unpaired) electrons. The van der Waals surface area contributed by atoms with Gasteiger partial charge < -0.3 is 19.8 Å². The molecule has 0 unspecified atom stereocenters. The van der Waals surface area contributed by atoms with Crippen LogP contribution in [-0.2, 0) is 4.79 Å². The van der Waals surface area contributed by atoms with E-state index in [0.29, 0.717) is 18.3 Å². The number of para-hydroxylation sites is 1. The molecule has 0 atom stereocenters. The third-order valence-electron chi connectivity index (χ3n) is 6.18. The van der Waals surface area contributed by atoms with E-state index in [1.54, 1.807) is 7.11 Å². The van der Waals surface area contributed by atoms with Crippen molar-refractivity contribution < 1.29 is 14.3 Å². The summed E-state index contributed by atoms with van der Waals surface area (Å²) in [7, 11) is 1.65. The Hall–Kier alpha value is -3.40. The van der Waals surface area contributed by atoms with Gasteiger partial charge in [-0.1, -0.05) is 18.2 Å². The van der Waals surface area contributed by atoms with Crippen molar-refractivity contribution in [2.75, 3.05) is 58.3 Å². The van der Waals surface area contributed by atoms with Gasteiger partial charge in [-0.25, -0.2) is 4.98 Å². The van der Waals surface area contributed by atoms with Gasteiger partial charge in [-0.3, -0.25) is 14.6 Å². The summed E-state index contributed by atoms with van der Waals surface area (Å²) >= 11 is 1.45. The number of thiazole rings is 1. The van der Waals surface area contributed by atoms with E-state index in [1.165, 1.54) is 11.3 Å². The zero-order chi connectivity index (χ0) is 24.0. The topological polar surface area (TPSA) is 82.7 Å². The second-order valence-electron chi connectivity index (χ2n) is 8.48. The predicted molar refractivity (Wildman–Crippen MR) is 139 cm³/mol. The third kappa shape index (κ3) is 5.82. The molecule has 1 aliphatic heterocycles. The van der Waals surface area contributed by atoms with E-state index in [1.807, 2.05) is 54.0 Å². The van der Waals surface area contributed by atoms with Crippen LogP contribution in [0.4, 0.5) is 5.13 Å². The maximum Gasteiger partial charge on any atom is 0.240 e. The highest BCUT2D eigenvalue weighted by molar-refractivity contribution is 7.14. The van der Waals surface area contributed by atoms with Crippen molar-refractivity contribution in [2.45, 2.75) is 0 Å². The molecule has 1 amide bonds. The van der Waals surface area contributed by atoms with Crippen LogP contribution in [0, 0.1) is 0 Å². The maximum atomic E-state index is 12.6. The smallest absolute Gasteiger partial charge is 0.240 e.